The maximum absolute atomic E-state index is 12.5. The summed E-state index contributed by atoms with van der Waals surface area (Å²) in [5.41, 5.74) is 1.14. The van der Waals surface area contributed by atoms with Gasteiger partial charge in [0.15, 0.2) is 0 Å². The molecule has 2 aliphatic rings. The second-order valence-electron chi connectivity index (χ2n) is 6.51. The molecule has 2 unspecified atom stereocenters. The van der Waals surface area contributed by atoms with Crippen molar-refractivity contribution in [3.63, 3.8) is 0 Å². The number of piperidine rings is 1. The van der Waals surface area contributed by atoms with Crippen LogP contribution >= 0.6 is 11.6 Å². The number of nitrogens with zero attached hydrogens (tertiary/aromatic N) is 1. The Morgan fingerprint density at radius 3 is 2.96 bits per heavy atom. The van der Waals surface area contributed by atoms with Gasteiger partial charge in [0.05, 0.1) is 25.2 Å². The summed E-state index contributed by atoms with van der Waals surface area (Å²) in [5.74, 6) is 0.242. The lowest BCUT2D eigenvalue weighted by Crippen LogP contribution is -2.46. The number of nitrogens with one attached hydrogen (secondary N) is 2. The molecule has 132 valence electrons. The standard InChI is InChI=1S/C18H26ClN3O2/c19-16-5-1-3-14(11-16)17(22-7-9-24-10-8-22)13-21-18(23)15-4-2-6-20-12-15/h1,3,5,11,15,17,20H,2,4,6-10,12-13H2,(H,21,23). The van der Waals surface area contributed by atoms with Crippen LogP contribution in [0.2, 0.25) is 5.02 Å². The van der Waals surface area contributed by atoms with Crippen LogP contribution in [0.3, 0.4) is 0 Å². The second kappa shape index (κ2) is 8.81. The molecule has 2 saturated heterocycles. The molecule has 0 bridgehead atoms. The lowest BCUT2D eigenvalue weighted by molar-refractivity contribution is -0.125. The topological polar surface area (TPSA) is 53.6 Å². The molecule has 2 N–H and O–H groups in total. The first-order valence-electron chi connectivity index (χ1n) is 8.80. The summed E-state index contributed by atoms with van der Waals surface area (Å²) >= 11 is 6.17. The number of carbonyl (C=O) groups excluding carboxylic acids is 1. The quantitative estimate of drug-likeness (QED) is 0.849. The van der Waals surface area contributed by atoms with Crippen molar-refractivity contribution in [3.8, 4) is 0 Å². The average Bonchev–Trinajstić information content (AvgIpc) is 2.63. The Morgan fingerprint density at radius 2 is 2.25 bits per heavy atom. The van der Waals surface area contributed by atoms with Crippen LogP contribution in [0, 0.1) is 5.92 Å². The van der Waals surface area contributed by atoms with Gasteiger partial charge in [-0.05, 0) is 37.1 Å². The van der Waals surface area contributed by atoms with Crippen LogP contribution in [-0.2, 0) is 9.53 Å². The van der Waals surface area contributed by atoms with Crippen molar-refractivity contribution in [1.29, 1.82) is 0 Å². The number of carbonyl (C=O) groups is 1. The Bertz CT molecular complexity index is 543. The molecular formula is C18H26ClN3O2. The van der Waals surface area contributed by atoms with Crippen molar-refractivity contribution in [2.45, 2.75) is 18.9 Å². The van der Waals surface area contributed by atoms with E-state index >= 15 is 0 Å². The van der Waals surface area contributed by atoms with Crippen molar-refractivity contribution in [2.24, 2.45) is 5.92 Å². The summed E-state index contributed by atoms with van der Waals surface area (Å²) in [6.07, 6.45) is 2.04. The fraction of sp³-hybridized carbons (Fsp3) is 0.611. The second-order valence-corrected chi connectivity index (χ2v) is 6.94. The molecule has 2 heterocycles. The van der Waals surface area contributed by atoms with E-state index < -0.39 is 0 Å². The fourth-order valence-corrected chi connectivity index (χ4v) is 3.68. The maximum atomic E-state index is 12.5. The molecule has 6 heteroatoms. The van der Waals surface area contributed by atoms with E-state index in [2.05, 4.69) is 21.6 Å². The number of halogens is 1. The number of hydrogen-bond donors (Lipinski definition) is 2. The Kier molecular flexibility index (Phi) is 6.49. The zero-order valence-electron chi connectivity index (χ0n) is 14.0. The number of ether oxygens (including phenoxy) is 1. The van der Waals surface area contributed by atoms with Crippen LogP contribution in [0.1, 0.15) is 24.4 Å². The molecule has 1 amide bonds. The summed E-state index contributed by atoms with van der Waals surface area (Å²) in [6, 6.07) is 8.07. The van der Waals surface area contributed by atoms with E-state index in [0.717, 1.165) is 62.8 Å². The molecule has 2 fully saturated rings. The van der Waals surface area contributed by atoms with E-state index in [1.165, 1.54) is 0 Å². The van der Waals surface area contributed by atoms with E-state index in [9.17, 15) is 4.79 Å². The van der Waals surface area contributed by atoms with Gasteiger partial charge in [-0.15, -0.1) is 0 Å². The first-order valence-corrected chi connectivity index (χ1v) is 9.17. The minimum absolute atomic E-state index is 0.0865. The van der Waals surface area contributed by atoms with Crippen LogP contribution < -0.4 is 10.6 Å². The SMILES string of the molecule is O=C(NCC(c1cccc(Cl)c1)N1CCOCC1)C1CCCNC1. The largest absolute Gasteiger partial charge is 0.379 e. The summed E-state index contributed by atoms with van der Waals surface area (Å²) in [5, 5.41) is 7.19. The maximum Gasteiger partial charge on any atom is 0.224 e. The average molecular weight is 352 g/mol. The summed E-state index contributed by atoms with van der Waals surface area (Å²) in [4.78, 5) is 14.8. The summed E-state index contributed by atoms with van der Waals surface area (Å²) in [7, 11) is 0. The predicted octanol–water partition coefficient (Wildman–Crippen LogP) is 1.83. The van der Waals surface area contributed by atoms with Gasteiger partial charge in [-0.2, -0.15) is 0 Å². The van der Waals surface area contributed by atoms with Gasteiger partial charge in [0.2, 0.25) is 5.91 Å². The van der Waals surface area contributed by atoms with Crippen LogP contribution in [-0.4, -0.2) is 56.7 Å². The van der Waals surface area contributed by atoms with E-state index in [1.54, 1.807) is 0 Å². The highest BCUT2D eigenvalue weighted by atomic mass is 35.5. The monoisotopic (exact) mass is 351 g/mol. The normalized spacial score (nSPS) is 23.6. The Hall–Kier alpha value is -1.14. The molecule has 2 aliphatic heterocycles. The van der Waals surface area contributed by atoms with Crippen molar-refractivity contribution in [1.82, 2.24) is 15.5 Å². The van der Waals surface area contributed by atoms with E-state index in [4.69, 9.17) is 16.3 Å². The predicted molar refractivity (Wildman–Crippen MR) is 95.2 cm³/mol. The van der Waals surface area contributed by atoms with Crippen LogP contribution in [0.5, 0.6) is 0 Å². The Labute approximate surface area is 148 Å². The third kappa shape index (κ3) is 4.70. The third-order valence-electron chi connectivity index (χ3n) is 4.86. The molecular weight excluding hydrogens is 326 g/mol. The van der Waals surface area contributed by atoms with Gasteiger partial charge in [0.25, 0.3) is 0 Å². The Morgan fingerprint density at radius 1 is 1.42 bits per heavy atom. The number of rotatable bonds is 5. The molecule has 0 spiro atoms. The zero-order chi connectivity index (χ0) is 16.8. The van der Waals surface area contributed by atoms with Crippen LogP contribution in [0.4, 0.5) is 0 Å². The zero-order valence-corrected chi connectivity index (χ0v) is 14.7. The first-order chi connectivity index (χ1) is 11.7. The molecule has 0 aliphatic carbocycles. The van der Waals surface area contributed by atoms with Gasteiger partial charge >= 0.3 is 0 Å². The van der Waals surface area contributed by atoms with Crippen molar-refractivity contribution in [2.75, 3.05) is 45.9 Å². The van der Waals surface area contributed by atoms with Crippen LogP contribution in [0.15, 0.2) is 24.3 Å². The molecule has 24 heavy (non-hydrogen) atoms. The first kappa shape index (κ1) is 17.7. The summed E-state index contributed by atoms with van der Waals surface area (Å²) in [6.45, 7) is 5.62. The summed E-state index contributed by atoms with van der Waals surface area (Å²) < 4.78 is 5.47. The molecule has 1 aromatic rings. The molecule has 0 radical (unpaired) electrons. The highest BCUT2D eigenvalue weighted by Crippen LogP contribution is 2.24. The van der Waals surface area contributed by atoms with Gasteiger partial charge in [-0.1, -0.05) is 23.7 Å². The molecule has 0 aromatic heterocycles. The third-order valence-corrected chi connectivity index (χ3v) is 5.09. The number of hydrogen-bond acceptors (Lipinski definition) is 4. The minimum atomic E-state index is 0.0865. The number of amides is 1. The lowest BCUT2D eigenvalue weighted by Gasteiger charge is -2.35. The molecule has 3 rings (SSSR count). The lowest BCUT2D eigenvalue weighted by atomic mass is 9.98. The van der Waals surface area contributed by atoms with Crippen molar-refractivity contribution < 1.29 is 9.53 Å². The van der Waals surface area contributed by atoms with E-state index in [0.29, 0.717) is 6.54 Å². The van der Waals surface area contributed by atoms with Gasteiger partial charge < -0.3 is 15.4 Å². The molecule has 0 saturated carbocycles. The van der Waals surface area contributed by atoms with Crippen molar-refractivity contribution >= 4 is 17.5 Å². The molecule has 2 atom stereocenters. The van der Waals surface area contributed by atoms with Gasteiger partial charge in [0, 0.05) is 31.2 Å². The minimum Gasteiger partial charge on any atom is -0.379 e. The molecule has 5 nitrogen and oxygen atoms in total. The Balaban J connectivity index is 1.66. The number of benzene rings is 1. The van der Waals surface area contributed by atoms with E-state index in [-0.39, 0.29) is 17.9 Å². The van der Waals surface area contributed by atoms with Gasteiger partial charge in [-0.25, -0.2) is 0 Å². The molecule has 1 aromatic carbocycles. The van der Waals surface area contributed by atoms with Crippen molar-refractivity contribution in [3.05, 3.63) is 34.9 Å². The van der Waals surface area contributed by atoms with E-state index in [1.807, 2.05) is 18.2 Å². The smallest absolute Gasteiger partial charge is 0.224 e. The van der Waals surface area contributed by atoms with Gasteiger partial charge in [0.1, 0.15) is 0 Å². The number of morpholine rings is 1. The van der Waals surface area contributed by atoms with Crippen LogP contribution in [0.25, 0.3) is 0 Å². The highest BCUT2D eigenvalue weighted by Gasteiger charge is 2.26. The van der Waals surface area contributed by atoms with Gasteiger partial charge in [-0.3, -0.25) is 9.69 Å². The fourth-order valence-electron chi connectivity index (χ4n) is 3.48. The highest BCUT2D eigenvalue weighted by molar-refractivity contribution is 6.30.